The van der Waals surface area contributed by atoms with Crippen LogP contribution in [-0.4, -0.2) is 14.8 Å². The number of alkyl halides is 3. The van der Waals surface area contributed by atoms with Gasteiger partial charge in [0, 0.05) is 0 Å². The summed E-state index contributed by atoms with van der Waals surface area (Å²) in [5.41, 5.74) is 1.52. The molecule has 0 fully saturated rings. The lowest BCUT2D eigenvalue weighted by Crippen LogP contribution is -2.20. The molecule has 0 unspecified atom stereocenters. The molecule has 4 nitrogen and oxygen atoms in total. The second kappa shape index (κ2) is 6.11. The normalized spacial score (nSPS) is 12.0. The summed E-state index contributed by atoms with van der Waals surface area (Å²) in [5, 5.41) is 0. The highest BCUT2D eigenvalue weighted by Gasteiger charge is 2.34. The average Bonchev–Trinajstić information content (AvgIpc) is 2.35. The summed E-state index contributed by atoms with van der Waals surface area (Å²) in [7, 11) is -4.47. The van der Waals surface area contributed by atoms with Crippen molar-refractivity contribution in [3.63, 3.8) is 0 Å². The van der Waals surface area contributed by atoms with Gasteiger partial charge in [-0.15, -0.1) is 13.2 Å². The maximum Gasteiger partial charge on any atom is 0.573 e. The molecule has 0 aliphatic heterocycles. The van der Waals surface area contributed by atoms with Gasteiger partial charge < -0.3 is 8.92 Å². The first-order chi connectivity index (χ1) is 10.6. The van der Waals surface area contributed by atoms with E-state index in [-0.39, 0.29) is 5.75 Å². The molecule has 0 saturated carbocycles. The smallest absolute Gasteiger partial charge is 0.404 e. The highest BCUT2D eigenvalue weighted by molar-refractivity contribution is 7.87. The van der Waals surface area contributed by atoms with Crippen molar-refractivity contribution >= 4 is 10.1 Å². The Balaban J connectivity index is 2.40. The molecule has 0 heterocycles. The number of aryl methyl sites for hydroxylation is 2. The molecule has 124 valence electrons. The van der Waals surface area contributed by atoms with Crippen LogP contribution in [0, 0.1) is 13.8 Å². The van der Waals surface area contributed by atoms with Crippen molar-refractivity contribution in [1.82, 2.24) is 0 Å². The molecule has 0 radical (unpaired) electrons. The molecule has 2 aromatic carbocycles. The number of ether oxygens (including phenoxy) is 1. The fourth-order valence-electron chi connectivity index (χ4n) is 2.02. The monoisotopic (exact) mass is 346 g/mol. The number of benzene rings is 2. The van der Waals surface area contributed by atoms with Crippen LogP contribution in [0.25, 0.3) is 0 Å². The second-order valence-corrected chi connectivity index (χ2v) is 6.37. The molecule has 0 aliphatic rings. The van der Waals surface area contributed by atoms with Crippen LogP contribution in [0.1, 0.15) is 11.1 Å². The first kappa shape index (κ1) is 17.1. The zero-order valence-electron chi connectivity index (χ0n) is 12.2. The maximum absolute atomic E-state index is 12.4. The van der Waals surface area contributed by atoms with E-state index in [2.05, 4.69) is 4.74 Å². The van der Waals surface area contributed by atoms with Gasteiger partial charge in [0.05, 0.1) is 0 Å². The molecule has 23 heavy (non-hydrogen) atoms. The molecule has 0 saturated heterocycles. The summed E-state index contributed by atoms with van der Waals surface area (Å²) in [6.07, 6.45) is -5.01. The summed E-state index contributed by atoms with van der Waals surface area (Å²) < 4.78 is 70.4. The predicted molar refractivity (Wildman–Crippen MR) is 76.9 cm³/mol. The number of hydrogen-bond donors (Lipinski definition) is 0. The minimum Gasteiger partial charge on any atom is -0.404 e. The summed E-state index contributed by atoms with van der Waals surface area (Å²) in [6.45, 7) is 3.49. The van der Waals surface area contributed by atoms with Crippen molar-refractivity contribution in [2.24, 2.45) is 0 Å². The first-order valence-electron chi connectivity index (χ1n) is 6.44. The average molecular weight is 346 g/mol. The number of para-hydroxylation sites is 1. The summed E-state index contributed by atoms with van der Waals surface area (Å²) in [5.74, 6) is -0.825. The second-order valence-electron chi connectivity index (χ2n) is 4.86. The molecule has 0 aliphatic carbocycles. The van der Waals surface area contributed by atoms with Crippen LogP contribution in [0.4, 0.5) is 13.2 Å². The van der Waals surface area contributed by atoms with Gasteiger partial charge in [0.25, 0.3) is 0 Å². The fourth-order valence-corrected chi connectivity index (χ4v) is 3.06. The Labute approximate surface area is 131 Å². The first-order valence-corrected chi connectivity index (χ1v) is 7.85. The largest absolute Gasteiger partial charge is 0.573 e. The third-order valence-electron chi connectivity index (χ3n) is 2.75. The Bertz CT molecular complexity index is 793. The maximum atomic E-state index is 12.4. The zero-order valence-corrected chi connectivity index (χ0v) is 13.0. The molecule has 2 rings (SSSR count). The molecule has 0 spiro atoms. The lowest BCUT2D eigenvalue weighted by molar-refractivity contribution is -0.275. The summed E-state index contributed by atoms with van der Waals surface area (Å²) >= 11 is 0. The van der Waals surface area contributed by atoms with Gasteiger partial charge in [-0.2, -0.15) is 8.42 Å². The topological polar surface area (TPSA) is 52.6 Å². The van der Waals surface area contributed by atoms with Crippen molar-refractivity contribution in [2.75, 3.05) is 0 Å². The van der Waals surface area contributed by atoms with Crippen LogP contribution in [0.2, 0.25) is 0 Å². The van der Waals surface area contributed by atoms with Crippen molar-refractivity contribution in [1.29, 1.82) is 0 Å². The van der Waals surface area contributed by atoms with E-state index in [1.54, 1.807) is 19.9 Å². The Kier molecular flexibility index (Phi) is 4.56. The van der Waals surface area contributed by atoms with E-state index in [4.69, 9.17) is 4.18 Å². The van der Waals surface area contributed by atoms with Gasteiger partial charge in [0.1, 0.15) is 10.6 Å². The fraction of sp³-hybridized carbons (Fsp3) is 0.200. The van der Waals surface area contributed by atoms with E-state index in [9.17, 15) is 21.6 Å². The zero-order chi connectivity index (χ0) is 17.3. The van der Waals surface area contributed by atoms with Crippen molar-refractivity contribution in [3.05, 3.63) is 53.6 Å². The summed E-state index contributed by atoms with van der Waals surface area (Å²) in [6, 6.07) is 9.15. The third kappa shape index (κ3) is 4.62. The van der Waals surface area contributed by atoms with Gasteiger partial charge >= 0.3 is 16.5 Å². The van der Waals surface area contributed by atoms with Crippen LogP contribution in [-0.2, 0) is 10.1 Å². The van der Waals surface area contributed by atoms with Crippen LogP contribution < -0.4 is 8.92 Å². The quantitative estimate of drug-likeness (QED) is 0.786. The highest BCUT2D eigenvalue weighted by Crippen LogP contribution is 2.31. The van der Waals surface area contributed by atoms with Gasteiger partial charge in [0.15, 0.2) is 5.75 Å². The molecule has 8 heteroatoms. The van der Waals surface area contributed by atoms with Gasteiger partial charge in [-0.05, 0) is 49.2 Å². The van der Waals surface area contributed by atoms with Crippen LogP contribution in [0.5, 0.6) is 11.5 Å². The SMILES string of the molecule is Cc1cc(C)cc(OS(=O)(=O)c2ccccc2OC(F)(F)F)c1. The lowest BCUT2D eigenvalue weighted by atomic mass is 10.1. The molecule has 0 bridgehead atoms. The van der Waals surface area contributed by atoms with E-state index in [1.807, 2.05) is 0 Å². The van der Waals surface area contributed by atoms with Crippen LogP contribution >= 0.6 is 0 Å². The minimum absolute atomic E-state index is 0.0179. The molecule has 0 N–H and O–H groups in total. The van der Waals surface area contributed by atoms with Gasteiger partial charge in [-0.1, -0.05) is 18.2 Å². The van der Waals surface area contributed by atoms with E-state index in [0.29, 0.717) is 0 Å². The molecule has 2 aromatic rings. The van der Waals surface area contributed by atoms with Crippen molar-refractivity contribution in [2.45, 2.75) is 25.1 Å². The molecular weight excluding hydrogens is 333 g/mol. The number of rotatable bonds is 4. The third-order valence-corrected chi connectivity index (χ3v) is 4.03. The van der Waals surface area contributed by atoms with Gasteiger partial charge in [-0.25, -0.2) is 0 Å². The van der Waals surface area contributed by atoms with Crippen molar-refractivity contribution < 1.29 is 30.5 Å². The Hall–Kier alpha value is -2.22. The van der Waals surface area contributed by atoms with Crippen LogP contribution in [0.3, 0.4) is 0 Å². The highest BCUT2D eigenvalue weighted by atomic mass is 32.2. The van der Waals surface area contributed by atoms with E-state index in [0.717, 1.165) is 23.3 Å². The molecular formula is C15H13F3O4S. The number of hydrogen-bond acceptors (Lipinski definition) is 4. The molecule has 0 atom stereocenters. The Morgan fingerprint density at radius 2 is 1.52 bits per heavy atom. The van der Waals surface area contributed by atoms with Gasteiger partial charge in [-0.3, -0.25) is 0 Å². The Morgan fingerprint density at radius 3 is 2.09 bits per heavy atom. The van der Waals surface area contributed by atoms with Gasteiger partial charge in [0.2, 0.25) is 0 Å². The predicted octanol–water partition coefficient (Wildman–Crippen LogP) is 3.97. The molecule has 0 aromatic heterocycles. The van der Waals surface area contributed by atoms with Crippen molar-refractivity contribution in [3.8, 4) is 11.5 Å². The Morgan fingerprint density at radius 1 is 0.957 bits per heavy atom. The standard InChI is InChI=1S/C15H13F3O4S/c1-10-7-11(2)9-12(8-10)22-23(19,20)14-6-4-3-5-13(14)21-15(16,17)18/h3-9H,1-2H3. The van der Waals surface area contributed by atoms with E-state index < -0.39 is 27.1 Å². The minimum atomic E-state index is -5.01. The van der Waals surface area contributed by atoms with E-state index >= 15 is 0 Å². The molecule has 0 amide bonds. The van der Waals surface area contributed by atoms with Crippen LogP contribution in [0.15, 0.2) is 47.4 Å². The summed E-state index contributed by atoms with van der Waals surface area (Å²) in [4.78, 5) is -0.698. The lowest BCUT2D eigenvalue weighted by Gasteiger charge is -2.14. The number of halogens is 3. The van der Waals surface area contributed by atoms with E-state index in [1.165, 1.54) is 24.3 Å².